The molecule has 1 unspecified atom stereocenters. The highest BCUT2D eigenvalue weighted by atomic mass is 15.2. The standard InChI is InChI=1S/C15H23N3/c1-5-18(6-2)15-12-9-7-8-10-13(12)16-14(17-15)11(3)4/h7-11,14,16H,5-6H2,1-4H3. The van der Waals surface area contributed by atoms with Gasteiger partial charge in [-0.15, -0.1) is 0 Å². The van der Waals surface area contributed by atoms with Gasteiger partial charge in [0.05, 0.1) is 0 Å². The van der Waals surface area contributed by atoms with Gasteiger partial charge >= 0.3 is 0 Å². The number of para-hydroxylation sites is 1. The first-order valence-corrected chi connectivity index (χ1v) is 6.86. The van der Waals surface area contributed by atoms with Crippen LogP contribution >= 0.6 is 0 Å². The van der Waals surface area contributed by atoms with Crippen LogP contribution in [-0.2, 0) is 0 Å². The first kappa shape index (κ1) is 12.9. The van der Waals surface area contributed by atoms with E-state index in [2.05, 4.69) is 62.2 Å². The van der Waals surface area contributed by atoms with Crippen molar-refractivity contribution >= 4 is 11.5 Å². The Balaban J connectivity index is 2.44. The Kier molecular flexibility index (Phi) is 3.90. The van der Waals surface area contributed by atoms with Gasteiger partial charge < -0.3 is 10.2 Å². The van der Waals surface area contributed by atoms with Crippen LogP contribution < -0.4 is 5.32 Å². The molecule has 1 aliphatic heterocycles. The Morgan fingerprint density at radius 3 is 2.50 bits per heavy atom. The molecular weight excluding hydrogens is 222 g/mol. The van der Waals surface area contributed by atoms with E-state index >= 15 is 0 Å². The molecule has 1 aliphatic rings. The number of aliphatic imine (C=N–C) groups is 1. The van der Waals surface area contributed by atoms with Gasteiger partial charge in [0, 0.05) is 24.3 Å². The SMILES string of the molecule is CCN(CC)C1=NC(C(C)C)Nc2ccccc21. The van der Waals surface area contributed by atoms with E-state index in [1.165, 1.54) is 11.3 Å². The van der Waals surface area contributed by atoms with Crippen LogP contribution in [0.3, 0.4) is 0 Å². The van der Waals surface area contributed by atoms with Crippen LogP contribution in [0.25, 0.3) is 0 Å². The van der Waals surface area contributed by atoms with Crippen LogP contribution in [0.2, 0.25) is 0 Å². The number of benzene rings is 1. The molecule has 0 aromatic heterocycles. The summed E-state index contributed by atoms with van der Waals surface area (Å²) in [6, 6.07) is 8.45. The first-order valence-electron chi connectivity index (χ1n) is 6.86. The molecule has 18 heavy (non-hydrogen) atoms. The van der Waals surface area contributed by atoms with E-state index in [4.69, 9.17) is 4.99 Å². The highest BCUT2D eigenvalue weighted by Gasteiger charge is 2.24. The molecule has 1 heterocycles. The number of fused-ring (bicyclic) bond motifs is 1. The van der Waals surface area contributed by atoms with Crippen molar-refractivity contribution in [3.63, 3.8) is 0 Å². The van der Waals surface area contributed by atoms with Crippen molar-refractivity contribution in [1.29, 1.82) is 0 Å². The minimum atomic E-state index is 0.176. The summed E-state index contributed by atoms with van der Waals surface area (Å²) in [5.74, 6) is 1.62. The molecule has 0 radical (unpaired) electrons. The fourth-order valence-corrected chi connectivity index (χ4v) is 2.29. The van der Waals surface area contributed by atoms with Crippen molar-refractivity contribution in [2.45, 2.75) is 33.9 Å². The molecule has 1 aromatic rings. The van der Waals surface area contributed by atoms with Crippen molar-refractivity contribution < 1.29 is 0 Å². The Hall–Kier alpha value is -1.51. The summed E-state index contributed by atoms with van der Waals surface area (Å²) < 4.78 is 0. The zero-order valence-electron chi connectivity index (χ0n) is 11.8. The number of nitrogens with one attached hydrogen (secondary N) is 1. The van der Waals surface area contributed by atoms with Crippen molar-refractivity contribution in [1.82, 2.24) is 4.90 Å². The third kappa shape index (κ3) is 2.35. The predicted molar refractivity (Wildman–Crippen MR) is 78.1 cm³/mol. The van der Waals surface area contributed by atoms with Gasteiger partial charge in [0.15, 0.2) is 0 Å². The fraction of sp³-hybridized carbons (Fsp3) is 0.533. The average Bonchev–Trinajstić information content (AvgIpc) is 2.39. The average molecular weight is 245 g/mol. The Labute approximate surface area is 110 Å². The van der Waals surface area contributed by atoms with Crippen molar-refractivity contribution in [2.24, 2.45) is 10.9 Å². The molecule has 3 nitrogen and oxygen atoms in total. The minimum absolute atomic E-state index is 0.176. The van der Waals surface area contributed by atoms with Gasteiger partial charge in [0.25, 0.3) is 0 Å². The van der Waals surface area contributed by atoms with Crippen LogP contribution in [0, 0.1) is 5.92 Å². The minimum Gasteiger partial charge on any atom is -0.363 e. The maximum atomic E-state index is 4.90. The van der Waals surface area contributed by atoms with Crippen molar-refractivity contribution in [2.75, 3.05) is 18.4 Å². The van der Waals surface area contributed by atoms with E-state index in [9.17, 15) is 0 Å². The molecule has 0 spiro atoms. The van der Waals surface area contributed by atoms with E-state index in [0.29, 0.717) is 5.92 Å². The Morgan fingerprint density at radius 1 is 1.22 bits per heavy atom. The lowest BCUT2D eigenvalue weighted by Gasteiger charge is -2.33. The van der Waals surface area contributed by atoms with Crippen LogP contribution in [0.1, 0.15) is 33.3 Å². The van der Waals surface area contributed by atoms with E-state index in [-0.39, 0.29) is 6.17 Å². The lowest BCUT2D eigenvalue weighted by atomic mass is 10.0. The molecule has 0 saturated heterocycles. The van der Waals surface area contributed by atoms with E-state index in [0.717, 1.165) is 18.9 Å². The summed E-state index contributed by atoms with van der Waals surface area (Å²) in [6.45, 7) is 10.8. The maximum Gasteiger partial charge on any atom is 0.135 e. The second kappa shape index (κ2) is 5.42. The van der Waals surface area contributed by atoms with Gasteiger partial charge in [-0.05, 0) is 31.9 Å². The van der Waals surface area contributed by atoms with Crippen LogP contribution in [0.15, 0.2) is 29.3 Å². The molecule has 1 atom stereocenters. The monoisotopic (exact) mass is 245 g/mol. The highest BCUT2D eigenvalue weighted by Crippen LogP contribution is 2.26. The third-order valence-corrected chi connectivity index (χ3v) is 3.43. The van der Waals surface area contributed by atoms with Crippen LogP contribution in [0.5, 0.6) is 0 Å². The lowest BCUT2D eigenvalue weighted by molar-refractivity contribution is 0.450. The van der Waals surface area contributed by atoms with E-state index < -0.39 is 0 Å². The lowest BCUT2D eigenvalue weighted by Crippen LogP contribution is -2.39. The smallest absolute Gasteiger partial charge is 0.135 e. The van der Waals surface area contributed by atoms with Gasteiger partial charge in [0.1, 0.15) is 12.0 Å². The van der Waals surface area contributed by atoms with Gasteiger partial charge in [-0.2, -0.15) is 0 Å². The first-order chi connectivity index (χ1) is 8.67. The zero-order valence-corrected chi connectivity index (χ0v) is 11.8. The van der Waals surface area contributed by atoms with Gasteiger partial charge in [-0.3, -0.25) is 0 Å². The zero-order chi connectivity index (χ0) is 13.1. The molecule has 0 aliphatic carbocycles. The molecule has 1 N–H and O–H groups in total. The molecule has 0 fully saturated rings. The maximum absolute atomic E-state index is 4.90. The molecule has 0 amide bonds. The predicted octanol–water partition coefficient (Wildman–Crippen LogP) is 3.18. The largest absolute Gasteiger partial charge is 0.363 e. The topological polar surface area (TPSA) is 27.6 Å². The number of nitrogens with zero attached hydrogens (tertiary/aromatic N) is 2. The molecule has 3 heteroatoms. The van der Waals surface area contributed by atoms with Crippen LogP contribution in [0.4, 0.5) is 5.69 Å². The number of rotatable bonds is 3. The number of hydrogen-bond donors (Lipinski definition) is 1. The molecule has 1 aromatic carbocycles. The molecular formula is C15H23N3. The van der Waals surface area contributed by atoms with Crippen LogP contribution in [-0.4, -0.2) is 30.0 Å². The quantitative estimate of drug-likeness (QED) is 0.885. The van der Waals surface area contributed by atoms with Gasteiger partial charge in [0.2, 0.25) is 0 Å². The molecule has 0 bridgehead atoms. The molecule has 0 saturated carbocycles. The Bertz CT molecular complexity index is 433. The van der Waals surface area contributed by atoms with Crippen molar-refractivity contribution in [3.8, 4) is 0 Å². The van der Waals surface area contributed by atoms with Gasteiger partial charge in [-0.1, -0.05) is 26.0 Å². The molecule has 2 rings (SSSR count). The summed E-state index contributed by atoms with van der Waals surface area (Å²) in [7, 11) is 0. The van der Waals surface area contributed by atoms with Gasteiger partial charge in [-0.25, -0.2) is 4.99 Å². The summed E-state index contributed by atoms with van der Waals surface area (Å²) in [5, 5.41) is 3.52. The third-order valence-electron chi connectivity index (χ3n) is 3.43. The number of hydrogen-bond acceptors (Lipinski definition) is 3. The fourth-order valence-electron chi connectivity index (χ4n) is 2.29. The highest BCUT2D eigenvalue weighted by molar-refractivity contribution is 6.04. The number of anilines is 1. The summed E-state index contributed by atoms with van der Waals surface area (Å²) >= 11 is 0. The van der Waals surface area contributed by atoms with E-state index in [1.54, 1.807) is 0 Å². The summed E-state index contributed by atoms with van der Waals surface area (Å²) in [5.41, 5.74) is 2.42. The van der Waals surface area contributed by atoms with Crippen molar-refractivity contribution in [3.05, 3.63) is 29.8 Å². The second-order valence-electron chi connectivity index (χ2n) is 5.00. The summed E-state index contributed by atoms with van der Waals surface area (Å²) in [6.07, 6.45) is 0.176. The summed E-state index contributed by atoms with van der Waals surface area (Å²) in [4.78, 5) is 7.22. The number of amidine groups is 1. The second-order valence-corrected chi connectivity index (χ2v) is 5.00. The molecule has 98 valence electrons. The Morgan fingerprint density at radius 2 is 1.89 bits per heavy atom. The normalized spacial score (nSPS) is 18.1. The van der Waals surface area contributed by atoms with E-state index in [1.807, 2.05) is 0 Å².